The Kier molecular flexibility index (Phi) is 3.38. The smallest absolute Gasteiger partial charge is 0.323 e. The first-order valence-corrected chi connectivity index (χ1v) is 5.45. The average molecular weight is 241 g/mol. The number of nitrogens with one attached hydrogen (secondary N) is 1. The molecule has 1 N–H and O–H groups in total. The van der Waals surface area contributed by atoms with Gasteiger partial charge in [0.05, 0.1) is 6.61 Å². The van der Waals surface area contributed by atoms with Crippen LogP contribution in [-0.2, 0) is 9.53 Å². The van der Waals surface area contributed by atoms with Gasteiger partial charge in [-0.2, -0.15) is 0 Å². The fourth-order valence-electron chi connectivity index (χ4n) is 1.89. The van der Waals surface area contributed by atoms with Gasteiger partial charge in [0.2, 0.25) is 0 Å². The molecule has 92 valence electrons. The first-order chi connectivity index (χ1) is 8.08. The highest BCUT2D eigenvalue weighted by molar-refractivity contribution is 5.77. The molecular formula is C12H13F2NO2. The van der Waals surface area contributed by atoms with Gasteiger partial charge in [-0.05, 0) is 13.0 Å². The molecule has 1 saturated heterocycles. The van der Waals surface area contributed by atoms with Crippen molar-refractivity contribution in [2.45, 2.75) is 25.4 Å². The van der Waals surface area contributed by atoms with Gasteiger partial charge >= 0.3 is 5.97 Å². The molecule has 2 rings (SSSR count). The van der Waals surface area contributed by atoms with E-state index >= 15 is 0 Å². The molecule has 1 heterocycles. The number of hydrogen-bond acceptors (Lipinski definition) is 3. The summed E-state index contributed by atoms with van der Waals surface area (Å²) in [5.74, 6) is -1.55. The molecule has 1 aromatic carbocycles. The van der Waals surface area contributed by atoms with E-state index in [9.17, 15) is 13.6 Å². The first-order valence-electron chi connectivity index (χ1n) is 5.45. The quantitative estimate of drug-likeness (QED) is 0.822. The molecule has 1 fully saturated rings. The number of halogens is 2. The van der Waals surface area contributed by atoms with E-state index in [4.69, 9.17) is 4.74 Å². The summed E-state index contributed by atoms with van der Waals surface area (Å²) in [6, 6.07) is 2.63. The third-order valence-corrected chi connectivity index (χ3v) is 2.82. The van der Waals surface area contributed by atoms with Crippen LogP contribution in [0.1, 0.15) is 24.9 Å². The third kappa shape index (κ3) is 2.61. The summed E-state index contributed by atoms with van der Waals surface area (Å²) in [6.07, 6.45) is 0.575. The van der Waals surface area contributed by atoms with Crippen LogP contribution in [0.4, 0.5) is 8.78 Å². The number of rotatable bonds is 3. The molecule has 0 aliphatic carbocycles. The van der Waals surface area contributed by atoms with Crippen molar-refractivity contribution in [2.75, 3.05) is 6.61 Å². The number of ether oxygens (including phenoxy) is 1. The second-order valence-corrected chi connectivity index (χ2v) is 4.06. The monoisotopic (exact) mass is 241 g/mol. The van der Waals surface area contributed by atoms with Gasteiger partial charge in [0.25, 0.3) is 0 Å². The first kappa shape index (κ1) is 12.0. The topological polar surface area (TPSA) is 38.3 Å². The maximum Gasteiger partial charge on any atom is 0.323 e. The van der Waals surface area contributed by atoms with Gasteiger partial charge in [0.1, 0.15) is 17.7 Å². The predicted octanol–water partition coefficient (Wildman–Crippen LogP) is 1.93. The molecule has 1 aliphatic rings. The molecule has 1 aliphatic heterocycles. The van der Waals surface area contributed by atoms with Crippen molar-refractivity contribution in [3.63, 3.8) is 0 Å². The second kappa shape index (κ2) is 4.79. The number of hydrogen-bond donors (Lipinski definition) is 1. The fourth-order valence-corrected chi connectivity index (χ4v) is 1.89. The molecule has 0 aromatic heterocycles. The molecule has 0 radical (unpaired) electrons. The molecule has 3 nitrogen and oxygen atoms in total. The third-order valence-electron chi connectivity index (χ3n) is 2.82. The number of benzene rings is 1. The number of cyclic esters (lactones) is 1. The van der Waals surface area contributed by atoms with Crippen LogP contribution in [0.2, 0.25) is 0 Å². The van der Waals surface area contributed by atoms with Crippen LogP contribution in [0.15, 0.2) is 18.2 Å². The van der Waals surface area contributed by atoms with E-state index in [0.29, 0.717) is 18.6 Å². The van der Waals surface area contributed by atoms with Gasteiger partial charge in [0, 0.05) is 24.1 Å². The van der Waals surface area contributed by atoms with Crippen molar-refractivity contribution in [3.05, 3.63) is 35.4 Å². The van der Waals surface area contributed by atoms with Crippen molar-refractivity contribution >= 4 is 5.97 Å². The molecular weight excluding hydrogens is 228 g/mol. The Hall–Kier alpha value is -1.49. The molecule has 0 spiro atoms. The van der Waals surface area contributed by atoms with Crippen molar-refractivity contribution in [2.24, 2.45) is 0 Å². The lowest BCUT2D eigenvalue weighted by molar-refractivity contribution is -0.139. The van der Waals surface area contributed by atoms with E-state index in [1.807, 2.05) is 0 Å². The summed E-state index contributed by atoms with van der Waals surface area (Å²) in [7, 11) is 0. The van der Waals surface area contributed by atoms with Gasteiger partial charge in [0.15, 0.2) is 0 Å². The molecule has 1 aromatic rings. The summed E-state index contributed by atoms with van der Waals surface area (Å²) >= 11 is 0. The predicted molar refractivity (Wildman–Crippen MR) is 57.3 cm³/mol. The highest BCUT2D eigenvalue weighted by Crippen LogP contribution is 2.20. The molecule has 2 unspecified atom stereocenters. The SMILES string of the molecule is CC(NC1CCOC1=O)c1ccc(F)cc1F. The van der Waals surface area contributed by atoms with Crippen LogP contribution in [-0.4, -0.2) is 18.6 Å². The van der Waals surface area contributed by atoms with Crippen LogP contribution in [0, 0.1) is 11.6 Å². The number of esters is 1. The lowest BCUT2D eigenvalue weighted by atomic mass is 10.1. The fraction of sp³-hybridized carbons (Fsp3) is 0.417. The van der Waals surface area contributed by atoms with Crippen molar-refractivity contribution < 1.29 is 18.3 Å². The Bertz CT molecular complexity index is 437. The Morgan fingerprint density at radius 2 is 2.24 bits per heavy atom. The summed E-state index contributed by atoms with van der Waals surface area (Å²) in [6.45, 7) is 2.11. The zero-order valence-electron chi connectivity index (χ0n) is 9.37. The minimum atomic E-state index is -0.614. The lowest BCUT2D eigenvalue weighted by Gasteiger charge is -2.17. The van der Waals surface area contributed by atoms with E-state index < -0.39 is 17.7 Å². The van der Waals surface area contributed by atoms with Crippen LogP contribution >= 0.6 is 0 Å². The molecule has 17 heavy (non-hydrogen) atoms. The largest absolute Gasteiger partial charge is 0.464 e. The van der Waals surface area contributed by atoms with Crippen molar-refractivity contribution in [3.8, 4) is 0 Å². The summed E-state index contributed by atoms with van der Waals surface area (Å²) in [5.41, 5.74) is 0.339. The Balaban J connectivity index is 2.08. The Morgan fingerprint density at radius 3 is 2.82 bits per heavy atom. The maximum absolute atomic E-state index is 13.5. The zero-order valence-corrected chi connectivity index (χ0v) is 9.37. The van der Waals surface area contributed by atoms with E-state index in [-0.39, 0.29) is 12.0 Å². The normalized spacial score (nSPS) is 21.4. The minimum Gasteiger partial charge on any atom is -0.464 e. The standard InChI is InChI=1S/C12H13F2NO2/c1-7(15-11-4-5-17-12(11)16)9-3-2-8(13)6-10(9)14/h2-3,6-7,11,15H,4-5H2,1H3. The molecule has 5 heteroatoms. The second-order valence-electron chi connectivity index (χ2n) is 4.06. The maximum atomic E-state index is 13.5. The van der Waals surface area contributed by atoms with Crippen LogP contribution < -0.4 is 5.32 Å². The number of carbonyl (C=O) groups is 1. The molecule has 0 bridgehead atoms. The number of carbonyl (C=O) groups excluding carboxylic acids is 1. The van der Waals surface area contributed by atoms with E-state index in [0.717, 1.165) is 6.07 Å². The summed E-state index contributed by atoms with van der Waals surface area (Å²) in [4.78, 5) is 11.2. The van der Waals surface area contributed by atoms with E-state index in [1.54, 1.807) is 6.92 Å². The molecule has 0 saturated carbocycles. The molecule has 2 atom stereocenters. The highest BCUT2D eigenvalue weighted by atomic mass is 19.1. The van der Waals surface area contributed by atoms with Crippen molar-refractivity contribution in [1.29, 1.82) is 0 Å². The summed E-state index contributed by atoms with van der Waals surface area (Å²) < 4.78 is 31.0. The summed E-state index contributed by atoms with van der Waals surface area (Å²) in [5, 5.41) is 2.97. The van der Waals surface area contributed by atoms with E-state index in [2.05, 4.69) is 5.32 Å². The van der Waals surface area contributed by atoms with Gasteiger partial charge in [-0.1, -0.05) is 6.07 Å². The van der Waals surface area contributed by atoms with Crippen molar-refractivity contribution in [1.82, 2.24) is 5.32 Å². The average Bonchev–Trinajstić information content (AvgIpc) is 2.64. The van der Waals surface area contributed by atoms with Gasteiger partial charge in [-0.3, -0.25) is 10.1 Å². The molecule has 0 amide bonds. The van der Waals surface area contributed by atoms with Crippen LogP contribution in [0.3, 0.4) is 0 Å². The Labute approximate surface area is 97.8 Å². The van der Waals surface area contributed by atoms with Gasteiger partial charge < -0.3 is 4.74 Å². The zero-order chi connectivity index (χ0) is 12.4. The lowest BCUT2D eigenvalue weighted by Crippen LogP contribution is -2.35. The minimum absolute atomic E-state index is 0.320. The highest BCUT2D eigenvalue weighted by Gasteiger charge is 2.28. The van der Waals surface area contributed by atoms with Gasteiger partial charge in [-0.15, -0.1) is 0 Å². The Morgan fingerprint density at radius 1 is 1.47 bits per heavy atom. The van der Waals surface area contributed by atoms with E-state index in [1.165, 1.54) is 12.1 Å². The van der Waals surface area contributed by atoms with Gasteiger partial charge in [-0.25, -0.2) is 8.78 Å². The van der Waals surface area contributed by atoms with Crippen LogP contribution in [0.5, 0.6) is 0 Å². The van der Waals surface area contributed by atoms with Crippen LogP contribution in [0.25, 0.3) is 0 Å².